The van der Waals surface area contributed by atoms with E-state index in [2.05, 4.69) is 22.4 Å². The van der Waals surface area contributed by atoms with Crippen LogP contribution in [0.1, 0.15) is 25.5 Å². The Morgan fingerprint density at radius 2 is 2.25 bits per heavy atom. The summed E-state index contributed by atoms with van der Waals surface area (Å²) in [5.74, 6) is 1.10. The first-order valence-corrected chi connectivity index (χ1v) is 9.66. The first-order chi connectivity index (χ1) is 13.5. The summed E-state index contributed by atoms with van der Waals surface area (Å²) in [4.78, 5) is 11.8. The van der Waals surface area contributed by atoms with Gasteiger partial charge in [-0.3, -0.25) is 9.48 Å². The maximum Gasteiger partial charge on any atom is 0.229 e. The smallest absolute Gasteiger partial charge is 0.229 e. The number of fused-ring (bicyclic) bond motifs is 1. The predicted octanol–water partition coefficient (Wildman–Crippen LogP) is 1.24. The molecule has 2 fully saturated rings. The molecule has 8 heteroatoms. The largest absolute Gasteiger partial charge is 0.488 e. The molecule has 1 aliphatic carbocycles. The Labute approximate surface area is 162 Å². The number of nitrogens with one attached hydrogen (secondary N) is 1. The van der Waals surface area contributed by atoms with Crippen LogP contribution in [0.2, 0.25) is 0 Å². The van der Waals surface area contributed by atoms with E-state index in [0.717, 1.165) is 47.6 Å². The quantitative estimate of drug-likeness (QED) is 0.670. The summed E-state index contributed by atoms with van der Waals surface area (Å²) >= 11 is 0. The molecule has 0 radical (unpaired) electrons. The third kappa shape index (κ3) is 2.59. The summed E-state index contributed by atoms with van der Waals surface area (Å²) in [5.41, 5.74) is 8.60. The summed E-state index contributed by atoms with van der Waals surface area (Å²) in [7, 11) is 1.91. The number of carbonyl (C=O) groups is 1. The van der Waals surface area contributed by atoms with Crippen LogP contribution < -0.4 is 15.8 Å². The van der Waals surface area contributed by atoms with E-state index >= 15 is 0 Å². The second kappa shape index (κ2) is 6.07. The number of rotatable bonds is 6. The second-order valence-electron chi connectivity index (χ2n) is 8.04. The van der Waals surface area contributed by atoms with Crippen molar-refractivity contribution in [1.29, 1.82) is 0 Å². The van der Waals surface area contributed by atoms with Gasteiger partial charge in [0.2, 0.25) is 5.91 Å². The van der Waals surface area contributed by atoms with E-state index in [9.17, 15) is 4.79 Å². The maximum atomic E-state index is 11.8. The van der Waals surface area contributed by atoms with Crippen molar-refractivity contribution < 1.29 is 9.53 Å². The lowest BCUT2D eigenvalue weighted by molar-refractivity contribution is -0.120. The number of primary amides is 1. The lowest BCUT2D eigenvalue weighted by atomic mass is 9.95. The van der Waals surface area contributed by atoms with Crippen molar-refractivity contribution in [3.05, 3.63) is 36.3 Å². The van der Waals surface area contributed by atoms with Crippen molar-refractivity contribution in [2.24, 2.45) is 18.7 Å². The standard InChI is InChI=1S/C20H24N6O2/c1-12-9-22-15(12)11-28-16-10-23-25(2)18(16)13-3-6-26-14(7-13)8-17(24-26)20(4-5-20)19(21)27/h3,6-8,10,12,15,22H,4-5,9,11H2,1-2H3,(H2,21,27)/t12-,15-/m0/s1. The van der Waals surface area contributed by atoms with Gasteiger partial charge in [-0.15, -0.1) is 0 Å². The minimum Gasteiger partial charge on any atom is -0.488 e. The molecule has 1 saturated carbocycles. The van der Waals surface area contributed by atoms with Crippen LogP contribution >= 0.6 is 0 Å². The number of hydrogen-bond acceptors (Lipinski definition) is 5. The van der Waals surface area contributed by atoms with Gasteiger partial charge >= 0.3 is 0 Å². The highest BCUT2D eigenvalue weighted by molar-refractivity contribution is 5.89. The third-order valence-corrected chi connectivity index (χ3v) is 6.16. The van der Waals surface area contributed by atoms with Crippen LogP contribution in [0.4, 0.5) is 0 Å². The fourth-order valence-corrected chi connectivity index (χ4v) is 3.90. The fraction of sp³-hybridized carbons (Fsp3) is 0.450. The Hall–Kier alpha value is -2.87. The number of nitrogens with zero attached hydrogens (tertiary/aromatic N) is 4. The van der Waals surface area contributed by atoms with Gasteiger partial charge in [0, 0.05) is 24.8 Å². The van der Waals surface area contributed by atoms with Crippen molar-refractivity contribution in [2.45, 2.75) is 31.2 Å². The molecular formula is C20H24N6O2. The zero-order chi connectivity index (χ0) is 19.5. The summed E-state index contributed by atoms with van der Waals surface area (Å²) in [6.07, 6.45) is 5.20. The number of hydrogen-bond donors (Lipinski definition) is 2. The van der Waals surface area contributed by atoms with Gasteiger partial charge in [0.1, 0.15) is 12.3 Å². The zero-order valence-electron chi connectivity index (χ0n) is 16.1. The van der Waals surface area contributed by atoms with Crippen LogP contribution in [0.3, 0.4) is 0 Å². The molecule has 0 unspecified atom stereocenters. The highest BCUT2D eigenvalue weighted by Gasteiger charge is 2.52. The summed E-state index contributed by atoms with van der Waals surface area (Å²) < 4.78 is 9.68. The van der Waals surface area contributed by atoms with Crippen molar-refractivity contribution >= 4 is 11.4 Å². The van der Waals surface area contributed by atoms with Crippen molar-refractivity contribution in [3.63, 3.8) is 0 Å². The molecule has 1 saturated heterocycles. The Balaban J connectivity index is 1.46. The van der Waals surface area contributed by atoms with Gasteiger partial charge in [-0.2, -0.15) is 10.2 Å². The van der Waals surface area contributed by atoms with Gasteiger partial charge in [-0.05, 0) is 43.5 Å². The number of pyridine rings is 1. The summed E-state index contributed by atoms with van der Waals surface area (Å²) in [6.45, 7) is 3.89. The fourth-order valence-electron chi connectivity index (χ4n) is 3.90. The molecule has 28 heavy (non-hydrogen) atoms. The minimum absolute atomic E-state index is 0.294. The molecule has 146 valence electrons. The Kier molecular flexibility index (Phi) is 3.74. The molecule has 3 N–H and O–H groups in total. The van der Waals surface area contributed by atoms with Gasteiger partial charge in [0.05, 0.1) is 22.8 Å². The van der Waals surface area contributed by atoms with Gasteiger partial charge < -0.3 is 15.8 Å². The lowest BCUT2D eigenvalue weighted by Crippen LogP contribution is -2.54. The molecule has 5 rings (SSSR count). The van der Waals surface area contributed by atoms with E-state index in [-0.39, 0.29) is 5.91 Å². The number of aryl methyl sites for hydroxylation is 1. The third-order valence-electron chi connectivity index (χ3n) is 6.16. The molecule has 8 nitrogen and oxygen atoms in total. The van der Waals surface area contributed by atoms with Gasteiger partial charge in [-0.1, -0.05) is 6.92 Å². The first kappa shape index (κ1) is 17.2. The van der Waals surface area contributed by atoms with Crippen molar-refractivity contribution in [2.75, 3.05) is 13.2 Å². The Morgan fingerprint density at radius 3 is 2.89 bits per heavy atom. The molecule has 2 atom stereocenters. The van der Waals surface area contributed by atoms with Crippen molar-refractivity contribution in [3.8, 4) is 17.0 Å². The number of amides is 1. The molecule has 3 aromatic rings. The van der Waals surface area contributed by atoms with E-state index in [0.29, 0.717) is 18.6 Å². The number of ether oxygens (including phenoxy) is 1. The first-order valence-electron chi connectivity index (χ1n) is 9.66. The highest BCUT2D eigenvalue weighted by Crippen LogP contribution is 2.47. The van der Waals surface area contributed by atoms with E-state index in [4.69, 9.17) is 10.5 Å². The molecule has 0 aromatic carbocycles. The molecule has 2 aliphatic rings. The van der Waals surface area contributed by atoms with Crippen LogP contribution in [0, 0.1) is 5.92 Å². The summed E-state index contributed by atoms with van der Waals surface area (Å²) in [6, 6.07) is 6.37. The molecule has 3 aromatic heterocycles. The molecule has 1 amide bonds. The van der Waals surface area contributed by atoms with E-state index in [1.54, 1.807) is 10.7 Å². The SMILES string of the molecule is C[C@H]1CN[C@H]1COc1cnn(C)c1-c1ccn2nc(C3(C(N)=O)CC3)cc2c1. The highest BCUT2D eigenvalue weighted by atomic mass is 16.5. The molecule has 4 heterocycles. The zero-order valence-corrected chi connectivity index (χ0v) is 16.1. The van der Waals surface area contributed by atoms with Crippen LogP contribution in [-0.4, -0.2) is 44.5 Å². The Morgan fingerprint density at radius 1 is 1.43 bits per heavy atom. The van der Waals surface area contributed by atoms with E-state index < -0.39 is 5.41 Å². The van der Waals surface area contributed by atoms with E-state index in [1.807, 2.05) is 36.1 Å². The van der Waals surface area contributed by atoms with Gasteiger partial charge in [0.25, 0.3) is 0 Å². The van der Waals surface area contributed by atoms with Crippen molar-refractivity contribution in [1.82, 2.24) is 24.7 Å². The van der Waals surface area contributed by atoms with Crippen LogP contribution in [0.15, 0.2) is 30.6 Å². The summed E-state index contributed by atoms with van der Waals surface area (Å²) in [5, 5.41) is 12.3. The monoisotopic (exact) mass is 380 g/mol. The Bertz CT molecular complexity index is 1060. The second-order valence-corrected chi connectivity index (χ2v) is 8.04. The van der Waals surface area contributed by atoms with Gasteiger partial charge in [0.15, 0.2) is 5.75 Å². The average molecular weight is 380 g/mol. The lowest BCUT2D eigenvalue weighted by Gasteiger charge is -2.35. The minimum atomic E-state index is -0.584. The molecule has 0 bridgehead atoms. The van der Waals surface area contributed by atoms with Crippen LogP contribution in [0.25, 0.3) is 16.8 Å². The molecule has 0 spiro atoms. The number of nitrogens with two attached hydrogens (primary N) is 1. The predicted molar refractivity (Wildman–Crippen MR) is 104 cm³/mol. The van der Waals surface area contributed by atoms with Crippen LogP contribution in [-0.2, 0) is 17.3 Å². The van der Waals surface area contributed by atoms with Gasteiger partial charge in [-0.25, -0.2) is 4.52 Å². The maximum absolute atomic E-state index is 11.8. The normalized spacial score (nSPS) is 22.8. The van der Waals surface area contributed by atoms with Crippen LogP contribution in [0.5, 0.6) is 5.75 Å². The molecular weight excluding hydrogens is 356 g/mol. The number of carbonyl (C=O) groups excluding carboxylic acids is 1. The van der Waals surface area contributed by atoms with E-state index in [1.165, 1.54) is 0 Å². The number of aromatic nitrogens is 4. The molecule has 1 aliphatic heterocycles. The topological polar surface area (TPSA) is 99.5 Å². The average Bonchev–Trinajstić information content (AvgIpc) is 3.26.